The molecule has 0 unspecified atom stereocenters. The molecule has 68 heavy (non-hydrogen) atoms. The van der Waals surface area contributed by atoms with E-state index in [0.717, 1.165) is 55.3 Å². The van der Waals surface area contributed by atoms with Gasteiger partial charge in [-0.15, -0.1) is 0 Å². The van der Waals surface area contributed by atoms with Gasteiger partial charge in [-0.05, 0) is 127 Å². The van der Waals surface area contributed by atoms with Gasteiger partial charge in [-0.1, -0.05) is 146 Å². The Balaban J connectivity index is 0.887. The fraction of sp³-hybridized carbons (Fsp3) is 0. The highest BCUT2D eigenvalue weighted by Crippen LogP contribution is 2.46. The van der Waals surface area contributed by atoms with Crippen molar-refractivity contribution in [2.45, 2.75) is 0 Å². The number of furan rings is 2. The van der Waals surface area contributed by atoms with Crippen LogP contribution in [0, 0.1) is 0 Å². The quantitative estimate of drug-likeness (QED) is 0.165. The molecule has 0 fully saturated rings. The average Bonchev–Trinajstić information content (AvgIpc) is 4.15. The molecule has 0 spiro atoms. The van der Waals surface area contributed by atoms with Crippen molar-refractivity contribution >= 4 is 120 Å². The van der Waals surface area contributed by atoms with Crippen molar-refractivity contribution in [2.24, 2.45) is 0 Å². The molecule has 4 nitrogen and oxygen atoms in total. The van der Waals surface area contributed by atoms with Gasteiger partial charge < -0.3 is 18.0 Å². The van der Waals surface area contributed by atoms with Gasteiger partial charge in [-0.25, -0.2) is 0 Å². The van der Waals surface area contributed by atoms with E-state index in [1.54, 1.807) is 0 Å². The number of para-hydroxylation sites is 4. The standard InChI is InChI=1S/C64H36N2O2/c1-5-19-53-45(15-1)49-31-33-57-61(51-17-3-7-21-55(51)67-57)63(49)65(53)41-13-9-11-39(35-41)43-27-23-37-26-30-48-44(28-24-38-25-29-47(43)59(37)60(38)48)40-12-10-14-42(36-40)66-54-20-6-2-16-46(54)50-32-34-58-62(64(50)66)52-18-4-8-22-56(52)68-58/h1-36H. The van der Waals surface area contributed by atoms with E-state index in [1.807, 2.05) is 12.1 Å². The molecule has 0 saturated heterocycles. The summed E-state index contributed by atoms with van der Waals surface area (Å²) in [6, 6.07) is 79.7. The highest BCUT2D eigenvalue weighted by atomic mass is 16.3. The maximum absolute atomic E-state index is 6.44. The molecular weight excluding hydrogens is 829 g/mol. The van der Waals surface area contributed by atoms with E-state index in [-0.39, 0.29) is 0 Å². The van der Waals surface area contributed by atoms with Crippen LogP contribution in [0.1, 0.15) is 0 Å². The minimum Gasteiger partial charge on any atom is -0.456 e. The van der Waals surface area contributed by atoms with E-state index in [1.165, 1.54) is 98.2 Å². The molecule has 0 atom stereocenters. The number of hydrogen-bond acceptors (Lipinski definition) is 2. The molecule has 12 aromatic carbocycles. The maximum Gasteiger partial charge on any atom is 0.137 e. The summed E-state index contributed by atoms with van der Waals surface area (Å²) in [5, 5.41) is 17.0. The molecule has 16 rings (SSSR count). The lowest BCUT2D eigenvalue weighted by atomic mass is 9.87. The first kappa shape index (κ1) is 36.1. The molecule has 0 aliphatic carbocycles. The van der Waals surface area contributed by atoms with Crippen LogP contribution in [-0.4, -0.2) is 9.13 Å². The molecule has 4 heteroatoms. The highest BCUT2D eigenvalue weighted by Gasteiger charge is 2.22. The number of rotatable bonds is 4. The first-order valence-corrected chi connectivity index (χ1v) is 23.3. The van der Waals surface area contributed by atoms with Gasteiger partial charge in [-0.2, -0.15) is 0 Å². The smallest absolute Gasteiger partial charge is 0.137 e. The molecule has 4 heterocycles. The first-order valence-electron chi connectivity index (χ1n) is 23.3. The van der Waals surface area contributed by atoms with Crippen molar-refractivity contribution < 1.29 is 8.83 Å². The van der Waals surface area contributed by atoms with E-state index in [2.05, 4.69) is 215 Å². The van der Waals surface area contributed by atoms with Crippen molar-refractivity contribution in [1.82, 2.24) is 9.13 Å². The fourth-order valence-electron chi connectivity index (χ4n) is 12.0. The third-order valence-corrected chi connectivity index (χ3v) is 14.8. The average molecular weight is 865 g/mol. The normalized spacial score (nSPS) is 12.4. The van der Waals surface area contributed by atoms with Crippen LogP contribution < -0.4 is 0 Å². The summed E-state index contributed by atoms with van der Waals surface area (Å²) in [6.45, 7) is 0. The van der Waals surface area contributed by atoms with Crippen molar-refractivity contribution in [3.8, 4) is 33.6 Å². The first-order chi connectivity index (χ1) is 33.7. The van der Waals surface area contributed by atoms with Crippen LogP contribution in [0.5, 0.6) is 0 Å². The Labute approximate surface area is 388 Å². The fourth-order valence-corrected chi connectivity index (χ4v) is 12.0. The van der Waals surface area contributed by atoms with E-state index in [0.29, 0.717) is 0 Å². The number of aromatic nitrogens is 2. The van der Waals surface area contributed by atoms with E-state index >= 15 is 0 Å². The van der Waals surface area contributed by atoms with Gasteiger partial charge in [0.2, 0.25) is 0 Å². The number of fused-ring (bicyclic) bond motifs is 14. The molecule has 0 aliphatic rings. The molecule has 0 bridgehead atoms. The Kier molecular flexibility index (Phi) is 7.04. The van der Waals surface area contributed by atoms with E-state index in [4.69, 9.17) is 8.83 Å². The molecular formula is C64H36N2O2. The lowest BCUT2D eigenvalue weighted by molar-refractivity contribution is 0.669. The molecule has 0 aliphatic heterocycles. The third kappa shape index (κ3) is 4.77. The summed E-state index contributed by atoms with van der Waals surface area (Å²) in [5.41, 5.74) is 15.3. The van der Waals surface area contributed by atoms with E-state index < -0.39 is 0 Å². The van der Waals surface area contributed by atoms with Crippen LogP contribution in [0.15, 0.2) is 227 Å². The Morgan fingerprint density at radius 2 is 0.676 bits per heavy atom. The summed E-state index contributed by atoms with van der Waals surface area (Å²) in [7, 11) is 0. The minimum absolute atomic E-state index is 0.896. The summed E-state index contributed by atoms with van der Waals surface area (Å²) in [6.07, 6.45) is 0. The van der Waals surface area contributed by atoms with Crippen molar-refractivity contribution in [3.05, 3.63) is 218 Å². The second kappa shape index (κ2) is 13.3. The molecule has 0 radical (unpaired) electrons. The topological polar surface area (TPSA) is 36.1 Å². The SMILES string of the molecule is c1cc(-c2ccc3ccc4c(-c5cccc(-n6c7ccccc7c7ccc8oc9ccccc9c8c76)c5)ccc5ccc2c3c54)cc(-n2c3ccccc3c3ccc4oc5ccccc5c4c32)c1. The maximum atomic E-state index is 6.44. The Bertz CT molecular complexity index is 4500. The van der Waals surface area contributed by atoms with Gasteiger partial charge in [0.15, 0.2) is 0 Å². The largest absolute Gasteiger partial charge is 0.456 e. The number of benzene rings is 12. The second-order valence-electron chi connectivity index (χ2n) is 18.3. The predicted molar refractivity (Wildman–Crippen MR) is 284 cm³/mol. The second-order valence-corrected chi connectivity index (χ2v) is 18.3. The van der Waals surface area contributed by atoms with Crippen LogP contribution in [0.3, 0.4) is 0 Å². The molecule has 0 amide bonds. The van der Waals surface area contributed by atoms with Crippen LogP contribution in [-0.2, 0) is 0 Å². The van der Waals surface area contributed by atoms with Gasteiger partial charge in [0, 0.05) is 43.7 Å². The van der Waals surface area contributed by atoms with Crippen LogP contribution >= 0.6 is 0 Å². The van der Waals surface area contributed by atoms with Crippen molar-refractivity contribution in [2.75, 3.05) is 0 Å². The molecule has 0 N–H and O–H groups in total. The number of hydrogen-bond donors (Lipinski definition) is 0. The van der Waals surface area contributed by atoms with Crippen LogP contribution in [0.2, 0.25) is 0 Å². The summed E-state index contributed by atoms with van der Waals surface area (Å²) in [4.78, 5) is 0. The third-order valence-electron chi connectivity index (χ3n) is 14.8. The molecule has 0 saturated carbocycles. The number of nitrogens with zero attached hydrogens (tertiary/aromatic N) is 2. The van der Waals surface area contributed by atoms with Gasteiger partial charge in [-0.3, -0.25) is 0 Å². The lowest BCUT2D eigenvalue weighted by Crippen LogP contribution is -1.96. The monoisotopic (exact) mass is 864 g/mol. The Hall–Kier alpha value is -9.12. The Morgan fingerprint density at radius 3 is 1.16 bits per heavy atom. The molecule has 4 aromatic heterocycles. The lowest BCUT2D eigenvalue weighted by Gasteiger charge is -2.18. The van der Waals surface area contributed by atoms with Gasteiger partial charge in [0.05, 0.1) is 32.8 Å². The summed E-state index contributed by atoms with van der Waals surface area (Å²) < 4.78 is 17.8. The zero-order valence-corrected chi connectivity index (χ0v) is 36.5. The minimum atomic E-state index is 0.896. The van der Waals surface area contributed by atoms with Crippen LogP contribution in [0.4, 0.5) is 0 Å². The molecule has 314 valence electrons. The predicted octanol–water partition coefficient (Wildman–Crippen LogP) is 17.9. The van der Waals surface area contributed by atoms with E-state index in [9.17, 15) is 0 Å². The summed E-state index contributed by atoms with van der Waals surface area (Å²) >= 11 is 0. The highest BCUT2D eigenvalue weighted by molar-refractivity contribution is 6.29. The van der Waals surface area contributed by atoms with Gasteiger partial charge >= 0.3 is 0 Å². The summed E-state index contributed by atoms with van der Waals surface area (Å²) in [5.74, 6) is 0. The zero-order chi connectivity index (χ0) is 44.2. The Morgan fingerprint density at radius 1 is 0.265 bits per heavy atom. The van der Waals surface area contributed by atoms with Gasteiger partial charge in [0.1, 0.15) is 22.3 Å². The van der Waals surface area contributed by atoms with Crippen molar-refractivity contribution in [3.63, 3.8) is 0 Å². The van der Waals surface area contributed by atoms with Crippen molar-refractivity contribution in [1.29, 1.82) is 0 Å². The zero-order valence-electron chi connectivity index (χ0n) is 36.5. The van der Waals surface area contributed by atoms with Gasteiger partial charge in [0.25, 0.3) is 0 Å². The van der Waals surface area contributed by atoms with Crippen LogP contribution in [0.25, 0.3) is 153 Å². The molecule has 16 aromatic rings.